The summed E-state index contributed by atoms with van der Waals surface area (Å²) in [6, 6.07) is 19.5. The van der Waals surface area contributed by atoms with Crippen molar-refractivity contribution in [1.82, 2.24) is 20.6 Å². The van der Waals surface area contributed by atoms with Crippen LogP contribution in [0.4, 0.5) is 0 Å². The number of rotatable bonds is 10. The van der Waals surface area contributed by atoms with Gasteiger partial charge in [0.15, 0.2) is 0 Å². The summed E-state index contributed by atoms with van der Waals surface area (Å²) in [5.41, 5.74) is 8.53. The molecule has 0 fully saturated rings. The molecular weight excluding hydrogens is 621 g/mol. The highest BCUT2D eigenvalue weighted by atomic mass is 35.5. The molecule has 1 aliphatic carbocycles. The molecule has 8 nitrogen and oxygen atoms in total. The molecule has 2 aliphatic rings. The molecule has 1 aromatic heterocycles. The molecule has 6 rings (SSSR count). The Kier molecular flexibility index (Phi) is 9.04. The van der Waals surface area contributed by atoms with Crippen LogP contribution in [0.2, 0.25) is 10.0 Å². The average molecular weight is 657 g/mol. The Morgan fingerprint density at radius 1 is 1.09 bits per heavy atom. The minimum Gasteiger partial charge on any atom is -0.492 e. The van der Waals surface area contributed by atoms with Gasteiger partial charge in [-0.15, -0.1) is 0 Å². The number of primary amides is 1. The van der Waals surface area contributed by atoms with Crippen LogP contribution in [0.15, 0.2) is 104 Å². The number of H-pyrrole nitrogens is 1. The largest absolute Gasteiger partial charge is 0.492 e. The van der Waals surface area contributed by atoms with E-state index in [9.17, 15) is 9.59 Å². The van der Waals surface area contributed by atoms with Gasteiger partial charge in [0.1, 0.15) is 11.8 Å². The molecule has 5 N–H and O–H groups in total. The highest BCUT2D eigenvalue weighted by molar-refractivity contribution is 6.30. The lowest BCUT2D eigenvalue weighted by Gasteiger charge is -2.50. The molecule has 2 heterocycles. The fourth-order valence-electron chi connectivity index (χ4n) is 6.63. The van der Waals surface area contributed by atoms with Gasteiger partial charge in [0.25, 0.3) is 5.91 Å². The Balaban J connectivity index is 1.34. The first-order valence-corrected chi connectivity index (χ1v) is 15.9. The third-order valence-corrected chi connectivity index (χ3v) is 9.64. The lowest BCUT2D eigenvalue weighted by Crippen LogP contribution is -2.57. The molecule has 236 valence electrons. The van der Waals surface area contributed by atoms with Crippen LogP contribution in [0.25, 0.3) is 0 Å². The van der Waals surface area contributed by atoms with E-state index in [2.05, 4.69) is 64.0 Å². The predicted octanol–water partition coefficient (Wildman–Crippen LogP) is 6.33. The quantitative estimate of drug-likeness (QED) is 0.159. The Morgan fingerprint density at radius 3 is 2.48 bits per heavy atom. The lowest BCUT2D eigenvalue weighted by molar-refractivity contribution is -0.119. The van der Waals surface area contributed by atoms with Crippen LogP contribution in [0.5, 0.6) is 5.75 Å². The molecule has 3 unspecified atom stereocenters. The van der Waals surface area contributed by atoms with Crippen LogP contribution in [0.1, 0.15) is 58.5 Å². The summed E-state index contributed by atoms with van der Waals surface area (Å²) >= 11 is 12.3. The van der Waals surface area contributed by atoms with Gasteiger partial charge in [-0.3, -0.25) is 14.9 Å². The molecule has 3 aromatic carbocycles. The van der Waals surface area contributed by atoms with E-state index in [1.807, 2.05) is 30.5 Å². The first-order valence-electron chi connectivity index (χ1n) is 15.2. The van der Waals surface area contributed by atoms with Crippen LogP contribution < -0.4 is 21.1 Å². The number of aromatic amines is 1. The molecule has 1 aliphatic heterocycles. The third-order valence-electron chi connectivity index (χ3n) is 9.14. The zero-order valence-electron chi connectivity index (χ0n) is 25.3. The van der Waals surface area contributed by atoms with Crippen molar-refractivity contribution >= 4 is 35.0 Å². The molecule has 0 saturated carbocycles. The normalized spacial score (nSPS) is 20.6. The van der Waals surface area contributed by atoms with Crippen molar-refractivity contribution in [3.05, 3.63) is 142 Å². The first kappa shape index (κ1) is 31.6. The summed E-state index contributed by atoms with van der Waals surface area (Å²) in [6.45, 7) is 2.57. The highest BCUT2D eigenvalue weighted by Crippen LogP contribution is 2.50. The van der Waals surface area contributed by atoms with E-state index < -0.39 is 28.8 Å². The number of halogens is 2. The molecule has 4 aromatic rings. The number of fused-ring (bicyclic) bond motifs is 1. The van der Waals surface area contributed by atoms with E-state index in [1.54, 1.807) is 36.7 Å². The van der Waals surface area contributed by atoms with Gasteiger partial charge in [0, 0.05) is 46.1 Å². The van der Waals surface area contributed by atoms with E-state index in [4.69, 9.17) is 33.7 Å². The SMILES string of the molecule is CC(NC1CCOc2c(C(=O)N[C@@H](Cc3ccc(Cl)cc3)C(N)=O)cccc21)(c1cnc[nH]1)C1(c2ccc(Cl)cc2)C=CC=CC1. The van der Waals surface area contributed by atoms with E-state index in [0.29, 0.717) is 34.4 Å². The second-order valence-corrected chi connectivity index (χ2v) is 12.7. The number of benzene rings is 3. The van der Waals surface area contributed by atoms with Crippen molar-refractivity contribution in [3.8, 4) is 5.75 Å². The molecule has 2 amide bonds. The van der Waals surface area contributed by atoms with Gasteiger partial charge >= 0.3 is 0 Å². The summed E-state index contributed by atoms with van der Waals surface area (Å²) < 4.78 is 6.16. The van der Waals surface area contributed by atoms with Gasteiger partial charge in [0.2, 0.25) is 5.91 Å². The molecule has 0 spiro atoms. The average Bonchev–Trinajstić information content (AvgIpc) is 3.62. The summed E-state index contributed by atoms with van der Waals surface area (Å²) in [5.74, 6) is -0.597. The lowest BCUT2D eigenvalue weighted by atomic mass is 9.61. The molecule has 46 heavy (non-hydrogen) atoms. The number of ether oxygens (including phenoxy) is 1. The maximum atomic E-state index is 13.7. The molecular formula is C36H35Cl2N5O3. The van der Waals surface area contributed by atoms with Gasteiger partial charge in [-0.25, -0.2) is 4.98 Å². The van der Waals surface area contributed by atoms with Gasteiger partial charge in [0.05, 0.1) is 29.7 Å². The number of allylic oxidation sites excluding steroid dienone is 3. The predicted molar refractivity (Wildman–Crippen MR) is 180 cm³/mol. The van der Waals surface area contributed by atoms with Gasteiger partial charge in [-0.05, 0) is 54.8 Å². The molecule has 4 atom stereocenters. The van der Waals surface area contributed by atoms with Crippen molar-refractivity contribution in [1.29, 1.82) is 0 Å². The number of hydrogen-bond acceptors (Lipinski definition) is 5. The van der Waals surface area contributed by atoms with Crippen LogP contribution in [-0.2, 0) is 22.2 Å². The fourth-order valence-corrected chi connectivity index (χ4v) is 6.89. The third kappa shape index (κ3) is 6.08. The van der Waals surface area contributed by atoms with Crippen molar-refractivity contribution < 1.29 is 14.3 Å². The second kappa shape index (κ2) is 13.2. The first-order chi connectivity index (χ1) is 22.2. The standard InChI is InChI=1S/C36H35Cl2N5O3/c1-35(31-21-40-22-41-31,36(17-3-2-4-18-36)24-10-14-26(38)15-11-24)43-29-16-19-46-32-27(29)6-5-7-28(32)34(45)42-30(33(39)44)20-23-8-12-25(37)13-9-23/h2-15,17,21-22,29-30,43H,16,18-20H2,1H3,(H2,39,44)(H,40,41)(H,42,45)/t29?,30-,35?,36?/m0/s1. The fraction of sp³-hybridized carbons (Fsp3) is 0.250. The van der Waals surface area contributed by atoms with E-state index in [1.165, 1.54) is 0 Å². The summed E-state index contributed by atoms with van der Waals surface area (Å²) in [6.07, 6.45) is 13.7. The van der Waals surface area contributed by atoms with Crippen molar-refractivity contribution in [2.45, 2.75) is 49.2 Å². The molecule has 10 heteroatoms. The van der Waals surface area contributed by atoms with E-state index >= 15 is 0 Å². The maximum absolute atomic E-state index is 13.7. The van der Waals surface area contributed by atoms with E-state index in [0.717, 1.165) is 28.8 Å². The number of amides is 2. The number of nitrogens with one attached hydrogen (secondary N) is 3. The topological polar surface area (TPSA) is 122 Å². The summed E-state index contributed by atoms with van der Waals surface area (Å²) in [7, 11) is 0. The Morgan fingerprint density at radius 2 is 1.83 bits per heavy atom. The van der Waals surface area contributed by atoms with Crippen molar-refractivity contribution in [2.75, 3.05) is 6.61 Å². The smallest absolute Gasteiger partial charge is 0.255 e. The molecule has 0 bridgehead atoms. The van der Waals surface area contributed by atoms with Crippen LogP contribution >= 0.6 is 23.2 Å². The Labute approximate surface area is 278 Å². The van der Waals surface area contributed by atoms with Crippen LogP contribution in [-0.4, -0.2) is 34.4 Å². The molecule has 0 saturated heterocycles. The number of carbonyl (C=O) groups excluding carboxylic acids is 2. The van der Waals surface area contributed by atoms with Crippen LogP contribution in [0, 0.1) is 0 Å². The summed E-state index contributed by atoms with van der Waals surface area (Å²) in [5, 5.41) is 8.07. The van der Waals surface area contributed by atoms with Crippen molar-refractivity contribution in [2.24, 2.45) is 5.73 Å². The minimum absolute atomic E-state index is 0.186. The Hall–Kier alpha value is -4.37. The second-order valence-electron chi connectivity index (χ2n) is 11.9. The van der Waals surface area contributed by atoms with E-state index in [-0.39, 0.29) is 12.5 Å². The Bertz CT molecular complexity index is 1770. The highest BCUT2D eigenvalue weighted by Gasteiger charge is 2.51. The molecule has 0 radical (unpaired) electrons. The van der Waals surface area contributed by atoms with Crippen LogP contribution in [0.3, 0.4) is 0 Å². The zero-order valence-corrected chi connectivity index (χ0v) is 26.8. The number of aromatic nitrogens is 2. The number of para-hydroxylation sites is 1. The van der Waals surface area contributed by atoms with Gasteiger partial charge in [-0.1, -0.05) is 83.9 Å². The minimum atomic E-state index is -0.920. The maximum Gasteiger partial charge on any atom is 0.255 e. The number of nitrogens with two attached hydrogens (primary N) is 1. The van der Waals surface area contributed by atoms with Gasteiger partial charge in [-0.2, -0.15) is 0 Å². The number of imidazole rings is 1. The van der Waals surface area contributed by atoms with Gasteiger partial charge < -0.3 is 20.8 Å². The van der Waals surface area contributed by atoms with Crippen molar-refractivity contribution in [3.63, 3.8) is 0 Å². The number of carbonyl (C=O) groups is 2. The number of hydrogen-bond donors (Lipinski definition) is 4. The zero-order chi connectivity index (χ0) is 32.3. The monoisotopic (exact) mass is 655 g/mol. The number of nitrogens with zero attached hydrogens (tertiary/aromatic N) is 1. The summed E-state index contributed by atoms with van der Waals surface area (Å²) in [4.78, 5) is 33.8.